The summed E-state index contributed by atoms with van der Waals surface area (Å²) < 4.78 is -1.43. The minimum atomic E-state index is -1.43. The molecule has 0 spiro atoms. The Labute approximate surface area is 90.2 Å². The Bertz CT molecular complexity index is 187. The average Bonchev–Trinajstić information content (AvgIpc) is 2.04. The summed E-state index contributed by atoms with van der Waals surface area (Å²) in [6.45, 7) is 0. The van der Waals surface area contributed by atoms with Crippen molar-refractivity contribution in [3.63, 3.8) is 0 Å². The lowest BCUT2D eigenvalue weighted by Gasteiger charge is -2.26. The number of amides is 1. The van der Waals surface area contributed by atoms with E-state index < -0.39 is 4.12 Å². The van der Waals surface area contributed by atoms with Crippen LogP contribution >= 0.6 is 15.9 Å². The first kappa shape index (κ1) is 11.2. The lowest BCUT2D eigenvalue weighted by molar-refractivity contribution is -0.120. The summed E-state index contributed by atoms with van der Waals surface area (Å²) in [7, 11) is 10.8. The van der Waals surface area contributed by atoms with Gasteiger partial charge in [-0.2, -0.15) is 0 Å². The van der Waals surface area contributed by atoms with E-state index >= 15 is 0 Å². The van der Waals surface area contributed by atoms with E-state index in [0.717, 1.165) is 12.8 Å². The van der Waals surface area contributed by atoms with Crippen LogP contribution in [-0.4, -0.2) is 31.8 Å². The molecule has 0 aromatic heterocycles. The lowest BCUT2D eigenvalue weighted by Crippen LogP contribution is -2.47. The number of hydrogen-bond donors (Lipinski definition) is 1. The molecule has 0 aromatic rings. The van der Waals surface area contributed by atoms with Gasteiger partial charge in [-0.05, 0) is 12.8 Å². The van der Waals surface area contributed by atoms with Gasteiger partial charge in [0.15, 0.2) is 0 Å². The summed E-state index contributed by atoms with van der Waals surface area (Å²) in [4.78, 5) is 11.3. The Morgan fingerprint density at radius 2 is 1.85 bits per heavy atom. The summed E-state index contributed by atoms with van der Waals surface area (Å²) in [5.74, 6) is -0.334. The summed E-state index contributed by atoms with van der Waals surface area (Å²) in [5.41, 5.74) is 0. The first-order valence-electron chi connectivity index (χ1n) is 4.58. The first-order valence-corrected chi connectivity index (χ1v) is 5.37. The molecule has 1 aliphatic carbocycles. The number of alkyl halides is 1. The van der Waals surface area contributed by atoms with Gasteiger partial charge in [0.2, 0.25) is 5.91 Å². The van der Waals surface area contributed by atoms with E-state index in [1.54, 1.807) is 0 Å². The number of hydrogen-bond acceptors (Lipinski definition) is 1. The number of halogens is 1. The van der Waals surface area contributed by atoms with Gasteiger partial charge in [-0.3, -0.25) is 4.79 Å². The fourth-order valence-electron chi connectivity index (χ4n) is 1.54. The highest BCUT2D eigenvalue weighted by molar-refractivity contribution is 9.11. The average molecular weight is 240 g/mol. The van der Waals surface area contributed by atoms with Gasteiger partial charge in [-0.15, -0.1) is 0 Å². The molecule has 5 heteroatoms. The fraction of sp³-hybridized carbons (Fsp3) is 0.875. The van der Waals surface area contributed by atoms with Crippen molar-refractivity contribution >= 4 is 37.5 Å². The molecule has 1 saturated carbocycles. The maximum atomic E-state index is 11.3. The van der Waals surface area contributed by atoms with Gasteiger partial charge in [0.25, 0.3) is 0 Å². The molecule has 0 aliphatic heterocycles. The highest BCUT2D eigenvalue weighted by atomic mass is 79.9. The van der Waals surface area contributed by atoms with E-state index in [1.807, 2.05) is 0 Å². The zero-order valence-corrected chi connectivity index (χ0v) is 9.14. The van der Waals surface area contributed by atoms with Crippen molar-refractivity contribution < 1.29 is 4.79 Å². The SMILES string of the molecule is [B]C([B])(Br)C(=O)NC1CCCCC1. The van der Waals surface area contributed by atoms with Crippen LogP contribution in [0.25, 0.3) is 0 Å². The van der Waals surface area contributed by atoms with Crippen LogP contribution < -0.4 is 5.32 Å². The van der Waals surface area contributed by atoms with E-state index in [9.17, 15) is 4.79 Å². The molecule has 1 amide bonds. The summed E-state index contributed by atoms with van der Waals surface area (Å²) >= 11 is 2.91. The van der Waals surface area contributed by atoms with Crippen molar-refractivity contribution in [1.29, 1.82) is 0 Å². The van der Waals surface area contributed by atoms with E-state index in [1.165, 1.54) is 19.3 Å². The summed E-state index contributed by atoms with van der Waals surface area (Å²) in [6.07, 6.45) is 5.69. The van der Waals surface area contributed by atoms with Crippen molar-refractivity contribution in [2.24, 2.45) is 0 Å². The van der Waals surface area contributed by atoms with Gasteiger partial charge >= 0.3 is 0 Å². The zero-order chi connectivity index (χ0) is 9.90. The lowest BCUT2D eigenvalue weighted by atomic mass is 9.69. The molecule has 0 bridgehead atoms. The normalized spacial score (nSPS) is 19.8. The highest BCUT2D eigenvalue weighted by Gasteiger charge is 2.25. The Morgan fingerprint density at radius 1 is 1.31 bits per heavy atom. The van der Waals surface area contributed by atoms with E-state index in [0.29, 0.717) is 0 Å². The van der Waals surface area contributed by atoms with Gasteiger partial charge in [0.05, 0.1) is 15.7 Å². The van der Waals surface area contributed by atoms with Crippen molar-refractivity contribution in [2.45, 2.75) is 42.3 Å². The maximum absolute atomic E-state index is 11.3. The fourth-order valence-corrected chi connectivity index (χ4v) is 1.66. The Balaban J connectivity index is 2.35. The molecule has 0 unspecified atom stereocenters. The van der Waals surface area contributed by atoms with Crippen molar-refractivity contribution in [2.75, 3.05) is 0 Å². The number of nitrogens with one attached hydrogen (secondary N) is 1. The van der Waals surface area contributed by atoms with Gasteiger partial charge in [-0.1, -0.05) is 35.2 Å². The van der Waals surface area contributed by atoms with Crippen LogP contribution in [0.4, 0.5) is 0 Å². The molecule has 1 N–H and O–H groups in total. The third kappa shape index (κ3) is 3.75. The van der Waals surface area contributed by atoms with Gasteiger partial charge in [0.1, 0.15) is 0 Å². The van der Waals surface area contributed by atoms with Crippen LogP contribution in [0, 0.1) is 0 Å². The van der Waals surface area contributed by atoms with Crippen LogP contribution in [0.2, 0.25) is 0 Å². The maximum Gasteiger partial charge on any atom is 0.219 e. The predicted octanol–water partition coefficient (Wildman–Crippen LogP) is 0.821. The highest BCUT2D eigenvalue weighted by Crippen LogP contribution is 2.18. The molecule has 0 saturated heterocycles. The molecular weight excluding hydrogens is 228 g/mol. The molecule has 1 aliphatic rings. The molecule has 1 fully saturated rings. The van der Waals surface area contributed by atoms with Gasteiger partial charge in [0, 0.05) is 10.2 Å². The second-order valence-electron chi connectivity index (χ2n) is 3.58. The summed E-state index contributed by atoms with van der Waals surface area (Å²) in [5, 5.41) is 2.82. The smallest absolute Gasteiger partial charge is 0.219 e. The van der Waals surface area contributed by atoms with E-state index in [4.69, 9.17) is 15.7 Å². The molecule has 0 atom stereocenters. The van der Waals surface area contributed by atoms with Crippen molar-refractivity contribution in [3.05, 3.63) is 0 Å². The second kappa shape index (κ2) is 4.54. The first-order chi connectivity index (χ1) is 6.00. The van der Waals surface area contributed by atoms with E-state index in [-0.39, 0.29) is 11.9 Å². The molecule has 13 heavy (non-hydrogen) atoms. The molecule has 1 rings (SSSR count). The van der Waals surface area contributed by atoms with Gasteiger partial charge in [-0.25, -0.2) is 0 Å². The number of rotatable bonds is 2. The number of carbonyl (C=O) groups excluding carboxylic acids is 1. The molecule has 2 nitrogen and oxygen atoms in total. The second-order valence-corrected chi connectivity index (χ2v) is 4.89. The molecule has 0 aromatic carbocycles. The van der Waals surface area contributed by atoms with Gasteiger partial charge < -0.3 is 5.32 Å². The van der Waals surface area contributed by atoms with Crippen LogP contribution in [0.3, 0.4) is 0 Å². The summed E-state index contributed by atoms with van der Waals surface area (Å²) in [6, 6.07) is 0.255. The minimum absolute atomic E-state index is 0.255. The Hall–Kier alpha value is 0.0799. The zero-order valence-electron chi connectivity index (χ0n) is 7.55. The van der Waals surface area contributed by atoms with Crippen LogP contribution in [0.15, 0.2) is 0 Å². The van der Waals surface area contributed by atoms with Crippen LogP contribution in [-0.2, 0) is 4.79 Å². The van der Waals surface area contributed by atoms with Crippen molar-refractivity contribution in [1.82, 2.24) is 5.32 Å². The quantitative estimate of drug-likeness (QED) is 0.561. The minimum Gasteiger partial charge on any atom is -0.353 e. The topological polar surface area (TPSA) is 29.1 Å². The molecule has 4 radical (unpaired) electrons. The third-order valence-corrected chi connectivity index (χ3v) is 2.65. The predicted molar refractivity (Wildman–Crippen MR) is 58.2 cm³/mol. The largest absolute Gasteiger partial charge is 0.353 e. The Morgan fingerprint density at radius 3 is 2.31 bits per heavy atom. The van der Waals surface area contributed by atoms with Crippen LogP contribution in [0.5, 0.6) is 0 Å². The third-order valence-electron chi connectivity index (χ3n) is 2.29. The van der Waals surface area contributed by atoms with Crippen LogP contribution in [0.1, 0.15) is 32.1 Å². The standard InChI is InChI=1S/C8H12B2BrNO/c9-8(10,11)7(13)12-6-4-2-1-3-5-6/h6H,1-5H2,(H,12,13). The van der Waals surface area contributed by atoms with Crippen molar-refractivity contribution in [3.8, 4) is 0 Å². The monoisotopic (exact) mass is 239 g/mol. The number of carbonyl (C=O) groups is 1. The Kier molecular flexibility index (Phi) is 3.89. The molecule has 0 heterocycles. The molecule has 68 valence electrons. The van der Waals surface area contributed by atoms with E-state index in [2.05, 4.69) is 21.2 Å². The molecular formula is C8H12B2BrNO.